The lowest BCUT2D eigenvalue weighted by atomic mass is 9.99. The first kappa shape index (κ1) is 12.3. The monoisotopic (exact) mass is 250 g/mol. The van der Waals surface area contributed by atoms with E-state index in [1.54, 1.807) is 0 Å². The van der Waals surface area contributed by atoms with Crippen LogP contribution in [0.25, 0.3) is 0 Å². The van der Waals surface area contributed by atoms with E-state index in [9.17, 15) is 15.3 Å². The summed E-state index contributed by atoms with van der Waals surface area (Å²) in [5.74, 6) is 0. The number of hydrazone groups is 1. The molecule has 1 aromatic rings. The van der Waals surface area contributed by atoms with Crippen molar-refractivity contribution in [3.8, 4) is 0 Å². The highest BCUT2D eigenvalue weighted by atomic mass is 16.6. The predicted molar refractivity (Wildman–Crippen MR) is 66.2 cm³/mol. The zero-order valence-corrected chi connectivity index (χ0v) is 9.83. The average molecular weight is 250 g/mol. The Morgan fingerprint density at radius 1 is 1.33 bits per heavy atom. The standard InChI is InChI=1S/C11H14N4O3/c16-14-7-6-11(15(17)18)10(8-14)13-12-9-4-2-1-3-5-9/h6-8,13H,1-5H2. The third-order valence-corrected chi connectivity index (χ3v) is 2.87. The minimum absolute atomic E-state index is 0.121. The molecule has 18 heavy (non-hydrogen) atoms. The van der Waals surface area contributed by atoms with Crippen molar-refractivity contribution in [2.45, 2.75) is 32.1 Å². The highest BCUT2D eigenvalue weighted by Gasteiger charge is 2.17. The van der Waals surface area contributed by atoms with Crippen LogP contribution < -0.4 is 10.2 Å². The summed E-state index contributed by atoms with van der Waals surface area (Å²) in [4.78, 5) is 10.3. The Labute approximate surface area is 104 Å². The van der Waals surface area contributed by atoms with Crippen LogP contribution in [-0.4, -0.2) is 10.6 Å². The number of nitrogens with one attached hydrogen (secondary N) is 1. The normalized spacial score (nSPS) is 15.2. The van der Waals surface area contributed by atoms with Crippen LogP contribution in [0.2, 0.25) is 0 Å². The Morgan fingerprint density at radius 3 is 2.72 bits per heavy atom. The number of nitro groups is 1. The van der Waals surface area contributed by atoms with Gasteiger partial charge in [0.25, 0.3) is 0 Å². The third-order valence-electron chi connectivity index (χ3n) is 2.87. The van der Waals surface area contributed by atoms with Gasteiger partial charge in [-0.25, -0.2) is 0 Å². The number of pyridine rings is 1. The van der Waals surface area contributed by atoms with E-state index in [2.05, 4.69) is 10.5 Å². The maximum absolute atomic E-state index is 11.1. The van der Waals surface area contributed by atoms with Gasteiger partial charge in [-0.15, -0.1) is 0 Å². The van der Waals surface area contributed by atoms with Gasteiger partial charge in [-0.3, -0.25) is 15.5 Å². The lowest BCUT2D eigenvalue weighted by molar-refractivity contribution is -0.605. The lowest BCUT2D eigenvalue weighted by Crippen LogP contribution is -2.25. The number of anilines is 1. The first-order valence-electron chi connectivity index (χ1n) is 5.85. The van der Waals surface area contributed by atoms with Crippen molar-refractivity contribution in [1.29, 1.82) is 0 Å². The van der Waals surface area contributed by atoms with Crippen LogP contribution in [0.15, 0.2) is 23.6 Å². The van der Waals surface area contributed by atoms with Crippen molar-refractivity contribution in [1.82, 2.24) is 0 Å². The molecule has 0 aromatic carbocycles. The molecule has 0 spiro atoms. The maximum Gasteiger partial charge on any atom is 0.306 e. The molecule has 0 aliphatic heterocycles. The summed E-state index contributed by atoms with van der Waals surface area (Å²) in [6.07, 6.45) is 7.42. The Bertz CT molecular complexity index is 479. The van der Waals surface area contributed by atoms with Gasteiger partial charge in [-0.05, 0) is 25.7 Å². The highest BCUT2D eigenvalue weighted by Crippen LogP contribution is 2.22. The van der Waals surface area contributed by atoms with E-state index >= 15 is 0 Å². The Morgan fingerprint density at radius 2 is 2.06 bits per heavy atom. The highest BCUT2D eigenvalue weighted by molar-refractivity contribution is 5.85. The molecular weight excluding hydrogens is 236 g/mol. The third kappa shape index (κ3) is 2.93. The molecule has 1 fully saturated rings. The van der Waals surface area contributed by atoms with Gasteiger partial charge >= 0.3 is 5.69 Å². The van der Waals surface area contributed by atoms with Crippen LogP contribution in [0.3, 0.4) is 0 Å². The molecule has 2 rings (SSSR count). The molecule has 1 aliphatic rings. The molecule has 1 N–H and O–H groups in total. The molecule has 7 nitrogen and oxygen atoms in total. The zero-order valence-electron chi connectivity index (χ0n) is 9.83. The maximum atomic E-state index is 11.1. The van der Waals surface area contributed by atoms with E-state index < -0.39 is 4.92 Å². The van der Waals surface area contributed by atoms with Crippen molar-refractivity contribution < 1.29 is 9.65 Å². The quantitative estimate of drug-likeness (QED) is 0.384. The van der Waals surface area contributed by atoms with Gasteiger partial charge in [0, 0.05) is 5.71 Å². The van der Waals surface area contributed by atoms with Crippen LogP contribution in [0.1, 0.15) is 32.1 Å². The molecule has 0 saturated heterocycles. The fraction of sp³-hybridized carbons (Fsp3) is 0.455. The molecule has 0 bridgehead atoms. The smallest absolute Gasteiger partial charge is 0.306 e. The van der Waals surface area contributed by atoms with E-state index in [1.165, 1.54) is 6.42 Å². The Hall–Kier alpha value is -2.18. The van der Waals surface area contributed by atoms with Crippen LogP contribution in [0.4, 0.5) is 11.4 Å². The summed E-state index contributed by atoms with van der Waals surface area (Å²) < 4.78 is 0.510. The van der Waals surface area contributed by atoms with E-state index in [0.29, 0.717) is 4.73 Å². The van der Waals surface area contributed by atoms with Gasteiger partial charge in [-0.2, -0.15) is 9.83 Å². The van der Waals surface area contributed by atoms with Crippen molar-refractivity contribution in [2.75, 3.05) is 5.43 Å². The number of hydrogen-bond acceptors (Lipinski definition) is 5. The number of nitrogens with zero attached hydrogens (tertiary/aromatic N) is 3. The molecule has 96 valence electrons. The Kier molecular flexibility index (Phi) is 3.71. The topological polar surface area (TPSA) is 94.5 Å². The van der Waals surface area contributed by atoms with Crippen LogP contribution in [0.5, 0.6) is 0 Å². The SMILES string of the molecule is O=[N+]([O-])c1cc[n+]([O-])cc1NN=C1CCCCC1. The van der Waals surface area contributed by atoms with Crippen LogP contribution in [-0.2, 0) is 0 Å². The fourth-order valence-electron chi connectivity index (χ4n) is 1.93. The van der Waals surface area contributed by atoms with Crippen molar-refractivity contribution in [3.05, 3.63) is 33.8 Å². The van der Waals surface area contributed by atoms with E-state index in [1.807, 2.05) is 0 Å². The molecule has 1 aromatic heterocycles. The molecule has 0 unspecified atom stereocenters. The van der Waals surface area contributed by atoms with E-state index in [-0.39, 0.29) is 11.4 Å². The average Bonchev–Trinajstić information content (AvgIpc) is 2.37. The van der Waals surface area contributed by atoms with Crippen LogP contribution >= 0.6 is 0 Å². The molecule has 1 saturated carbocycles. The first-order valence-corrected chi connectivity index (χ1v) is 5.85. The summed E-state index contributed by atoms with van der Waals surface area (Å²) in [6.45, 7) is 0. The molecule has 7 heteroatoms. The summed E-state index contributed by atoms with van der Waals surface area (Å²) in [5.41, 5.74) is 3.60. The zero-order chi connectivity index (χ0) is 13.0. The van der Waals surface area contributed by atoms with Crippen molar-refractivity contribution in [3.63, 3.8) is 0 Å². The summed E-state index contributed by atoms with van der Waals surface area (Å²) in [5, 5.41) is 26.1. The van der Waals surface area contributed by atoms with E-state index in [4.69, 9.17) is 0 Å². The van der Waals surface area contributed by atoms with Gasteiger partial charge < -0.3 is 5.21 Å². The largest absolute Gasteiger partial charge is 0.619 e. The second kappa shape index (κ2) is 5.44. The number of aromatic nitrogens is 1. The van der Waals surface area contributed by atoms with Crippen molar-refractivity contribution >= 4 is 17.1 Å². The molecule has 0 amide bonds. The molecule has 0 radical (unpaired) electrons. The van der Waals surface area contributed by atoms with Gasteiger partial charge in [0.05, 0.1) is 11.0 Å². The first-order chi connectivity index (χ1) is 8.66. The van der Waals surface area contributed by atoms with E-state index in [0.717, 1.165) is 49.9 Å². The summed E-state index contributed by atoms with van der Waals surface area (Å²) in [7, 11) is 0. The molecule has 0 atom stereocenters. The van der Waals surface area contributed by atoms with Gasteiger partial charge in [0.15, 0.2) is 11.9 Å². The van der Waals surface area contributed by atoms with Gasteiger partial charge in [0.1, 0.15) is 0 Å². The second-order valence-corrected chi connectivity index (χ2v) is 4.21. The minimum atomic E-state index is -0.538. The number of hydrogen-bond donors (Lipinski definition) is 1. The summed E-state index contributed by atoms with van der Waals surface area (Å²) in [6, 6.07) is 1.16. The van der Waals surface area contributed by atoms with Crippen molar-refractivity contribution in [2.24, 2.45) is 5.10 Å². The predicted octanol–water partition coefficient (Wildman–Crippen LogP) is 1.96. The van der Waals surface area contributed by atoms with Gasteiger partial charge in [-0.1, -0.05) is 6.42 Å². The number of rotatable bonds is 3. The minimum Gasteiger partial charge on any atom is -0.619 e. The Balaban J connectivity index is 2.17. The molecule has 1 aliphatic carbocycles. The fourth-order valence-corrected chi connectivity index (χ4v) is 1.93. The van der Waals surface area contributed by atoms with Crippen LogP contribution in [0, 0.1) is 15.3 Å². The lowest BCUT2D eigenvalue weighted by Gasteiger charge is -2.12. The summed E-state index contributed by atoms with van der Waals surface area (Å²) >= 11 is 0. The second-order valence-electron chi connectivity index (χ2n) is 4.21. The van der Waals surface area contributed by atoms with Gasteiger partial charge in [0.2, 0.25) is 6.20 Å². The molecular formula is C11H14N4O3. The molecule has 1 heterocycles.